The van der Waals surface area contributed by atoms with E-state index in [4.69, 9.17) is 0 Å². The number of aromatic nitrogens is 4. The summed E-state index contributed by atoms with van der Waals surface area (Å²) < 4.78 is 4.10. The molecule has 0 saturated carbocycles. The molecule has 1 fully saturated rings. The van der Waals surface area contributed by atoms with Gasteiger partial charge in [0.15, 0.2) is 5.01 Å². The molecule has 3 heterocycles. The molecule has 7 nitrogen and oxygen atoms in total. The van der Waals surface area contributed by atoms with E-state index in [0.29, 0.717) is 18.1 Å². The van der Waals surface area contributed by atoms with E-state index in [9.17, 15) is 9.59 Å². The Labute approximate surface area is 177 Å². The molecule has 1 amide bonds. The highest BCUT2D eigenvalue weighted by atomic mass is 32.1. The summed E-state index contributed by atoms with van der Waals surface area (Å²) in [6.45, 7) is 1.25. The Morgan fingerprint density at radius 3 is 2.47 bits per heavy atom. The number of hydrogen-bond acceptors (Lipinski definition) is 5. The van der Waals surface area contributed by atoms with Crippen molar-refractivity contribution in [2.24, 2.45) is 7.05 Å². The Kier molecular flexibility index (Phi) is 4.71. The van der Waals surface area contributed by atoms with Crippen LogP contribution in [0.2, 0.25) is 0 Å². The van der Waals surface area contributed by atoms with Crippen molar-refractivity contribution in [3.05, 3.63) is 75.9 Å². The first-order valence-electron chi connectivity index (χ1n) is 9.98. The van der Waals surface area contributed by atoms with Crippen LogP contribution in [0.25, 0.3) is 15.9 Å². The van der Waals surface area contributed by atoms with E-state index in [2.05, 4.69) is 10.1 Å². The van der Waals surface area contributed by atoms with Crippen LogP contribution in [0, 0.1) is 0 Å². The van der Waals surface area contributed by atoms with Crippen molar-refractivity contribution < 1.29 is 4.79 Å². The Morgan fingerprint density at radius 2 is 1.73 bits per heavy atom. The molecule has 1 aliphatic rings. The van der Waals surface area contributed by atoms with Gasteiger partial charge < -0.3 is 4.90 Å². The zero-order chi connectivity index (χ0) is 20.7. The van der Waals surface area contributed by atoms with Gasteiger partial charge in [-0.2, -0.15) is 5.10 Å². The third-order valence-electron chi connectivity index (χ3n) is 5.59. The van der Waals surface area contributed by atoms with Crippen LogP contribution in [0.15, 0.2) is 59.4 Å². The first kappa shape index (κ1) is 18.7. The van der Waals surface area contributed by atoms with Crippen LogP contribution in [0.4, 0.5) is 0 Å². The number of aryl methyl sites for hydroxylation is 1. The van der Waals surface area contributed by atoms with Gasteiger partial charge in [-0.3, -0.25) is 4.79 Å². The summed E-state index contributed by atoms with van der Waals surface area (Å²) in [7, 11) is 1.68. The minimum absolute atomic E-state index is 0.0175. The van der Waals surface area contributed by atoms with Crippen LogP contribution in [0.1, 0.15) is 34.4 Å². The van der Waals surface area contributed by atoms with Crippen molar-refractivity contribution in [3.63, 3.8) is 0 Å². The van der Waals surface area contributed by atoms with E-state index in [1.165, 1.54) is 16.0 Å². The van der Waals surface area contributed by atoms with Crippen LogP contribution < -0.4 is 5.69 Å². The summed E-state index contributed by atoms with van der Waals surface area (Å²) in [6, 6.07) is 17.4. The summed E-state index contributed by atoms with van der Waals surface area (Å²) in [4.78, 5) is 32.0. The number of carbonyl (C=O) groups is 1. The van der Waals surface area contributed by atoms with Gasteiger partial charge in [0.2, 0.25) is 0 Å². The van der Waals surface area contributed by atoms with Crippen LogP contribution in [-0.2, 0) is 7.05 Å². The lowest BCUT2D eigenvalue weighted by atomic mass is 9.95. The molecular weight excluding hydrogens is 398 g/mol. The van der Waals surface area contributed by atoms with Gasteiger partial charge in [-0.1, -0.05) is 30.3 Å². The van der Waals surface area contributed by atoms with Crippen molar-refractivity contribution in [1.82, 2.24) is 24.2 Å². The number of rotatable bonds is 3. The number of benzene rings is 2. The number of likely N-dealkylation sites (tertiary alicyclic amines) is 1. The lowest BCUT2D eigenvalue weighted by Crippen LogP contribution is -2.38. The Bertz CT molecular complexity index is 1230. The average Bonchev–Trinajstić information content (AvgIpc) is 3.35. The third kappa shape index (κ3) is 3.23. The second-order valence-corrected chi connectivity index (χ2v) is 8.52. The van der Waals surface area contributed by atoms with Gasteiger partial charge in [-0.25, -0.2) is 19.0 Å². The smallest absolute Gasteiger partial charge is 0.337 e. The lowest BCUT2D eigenvalue weighted by Gasteiger charge is -2.31. The van der Waals surface area contributed by atoms with E-state index in [0.717, 1.165) is 34.6 Å². The number of piperidine rings is 1. The van der Waals surface area contributed by atoms with Gasteiger partial charge in [0.25, 0.3) is 5.91 Å². The van der Waals surface area contributed by atoms with E-state index >= 15 is 0 Å². The number of carbonyl (C=O) groups excluding carboxylic acids is 1. The van der Waals surface area contributed by atoms with Crippen LogP contribution >= 0.6 is 11.3 Å². The molecule has 1 saturated heterocycles. The quantitative estimate of drug-likeness (QED) is 0.511. The zero-order valence-corrected chi connectivity index (χ0v) is 17.4. The van der Waals surface area contributed by atoms with Gasteiger partial charge in [-0.15, -0.1) is 11.3 Å². The normalized spacial score (nSPS) is 15.0. The van der Waals surface area contributed by atoms with Crippen molar-refractivity contribution in [1.29, 1.82) is 0 Å². The molecule has 0 atom stereocenters. The fraction of sp³-hybridized carbons (Fsp3) is 0.273. The molecule has 0 N–H and O–H groups in total. The van der Waals surface area contributed by atoms with Crippen LogP contribution in [0.5, 0.6) is 0 Å². The van der Waals surface area contributed by atoms with Crippen molar-refractivity contribution in [2.45, 2.75) is 18.8 Å². The van der Waals surface area contributed by atoms with E-state index < -0.39 is 0 Å². The van der Waals surface area contributed by atoms with Gasteiger partial charge >= 0.3 is 5.69 Å². The lowest BCUT2D eigenvalue weighted by molar-refractivity contribution is 0.0710. The molecule has 0 aliphatic carbocycles. The fourth-order valence-electron chi connectivity index (χ4n) is 4.01. The molecule has 0 unspecified atom stereocenters. The van der Waals surface area contributed by atoms with E-state index in [1.807, 2.05) is 59.5 Å². The van der Waals surface area contributed by atoms with Crippen molar-refractivity contribution in [2.75, 3.05) is 13.1 Å². The molecule has 0 radical (unpaired) electrons. The van der Waals surface area contributed by atoms with Crippen LogP contribution in [0.3, 0.4) is 0 Å². The number of para-hydroxylation sites is 2. The van der Waals surface area contributed by atoms with Gasteiger partial charge in [0.05, 0.1) is 15.9 Å². The molecule has 0 bridgehead atoms. The number of amides is 1. The van der Waals surface area contributed by atoms with Crippen LogP contribution in [-0.4, -0.2) is 43.2 Å². The summed E-state index contributed by atoms with van der Waals surface area (Å²) in [5.41, 5.74) is 1.53. The second-order valence-electron chi connectivity index (χ2n) is 7.49. The highest BCUT2D eigenvalue weighted by molar-refractivity contribution is 7.20. The van der Waals surface area contributed by atoms with Gasteiger partial charge in [0, 0.05) is 26.1 Å². The number of hydrogen-bond donors (Lipinski definition) is 0. The molecular formula is C22H21N5O2S. The van der Waals surface area contributed by atoms with E-state index in [-0.39, 0.29) is 17.5 Å². The largest absolute Gasteiger partial charge is 0.350 e. The molecule has 4 aromatic rings. The predicted molar refractivity (Wildman–Crippen MR) is 116 cm³/mol. The monoisotopic (exact) mass is 419 g/mol. The molecule has 30 heavy (non-hydrogen) atoms. The zero-order valence-electron chi connectivity index (χ0n) is 16.6. The Hall–Kier alpha value is -3.26. The molecule has 5 rings (SSSR count). The summed E-state index contributed by atoms with van der Waals surface area (Å²) in [5.74, 6) is 0.871. The van der Waals surface area contributed by atoms with Gasteiger partial charge in [0.1, 0.15) is 5.82 Å². The predicted octanol–water partition coefficient (Wildman–Crippen LogP) is 3.20. The highest BCUT2D eigenvalue weighted by Crippen LogP contribution is 2.29. The fourth-order valence-corrected chi connectivity index (χ4v) is 4.94. The maximum atomic E-state index is 13.0. The average molecular weight is 420 g/mol. The number of thiazole rings is 1. The molecule has 2 aromatic heterocycles. The SMILES string of the molecule is Cn1nc(C2CCN(C(=O)c3nc4ccccc4s3)CC2)n(-c2ccccc2)c1=O. The highest BCUT2D eigenvalue weighted by Gasteiger charge is 2.30. The first-order chi connectivity index (χ1) is 14.6. The molecule has 0 spiro atoms. The maximum Gasteiger partial charge on any atom is 0.350 e. The molecule has 1 aliphatic heterocycles. The second kappa shape index (κ2) is 7.53. The number of fused-ring (bicyclic) bond motifs is 1. The minimum Gasteiger partial charge on any atom is -0.337 e. The first-order valence-corrected chi connectivity index (χ1v) is 10.8. The topological polar surface area (TPSA) is 73.0 Å². The Morgan fingerprint density at radius 1 is 1.03 bits per heavy atom. The molecule has 152 valence electrons. The van der Waals surface area contributed by atoms with E-state index in [1.54, 1.807) is 11.6 Å². The Balaban J connectivity index is 1.36. The maximum absolute atomic E-state index is 13.0. The number of nitrogens with zero attached hydrogens (tertiary/aromatic N) is 5. The standard InChI is InChI=1S/C22H21N5O2S/c1-25-22(29)27(16-7-3-2-4-8-16)19(24-25)15-11-13-26(14-12-15)21(28)20-23-17-9-5-6-10-18(17)30-20/h2-10,15H,11-14H2,1H3. The van der Waals surface area contributed by atoms with Gasteiger partial charge in [-0.05, 0) is 37.1 Å². The molecule has 2 aromatic carbocycles. The summed E-state index contributed by atoms with van der Waals surface area (Å²) in [6.07, 6.45) is 1.53. The van der Waals surface area contributed by atoms with Crippen molar-refractivity contribution in [3.8, 4) is 5.69 Å². The summed E-state index contributed by atoms with van der Waals surface area (Å²) >= 11 is 1.44. The third-order valence-corrected chi connectivity index (χ3v) is 6.61. The molecule has 8 heteroatoms. The van der Waals surface area contributed by atoms with Crippen molar-refractivity contribution >= 4 is 27.5 Å². The summed E-state index contributed by atoms with van der Waals surface area (Å²) in [5, 5.41) is 5.06. The minimum atomic E-state index is -0.149.